The van der Waals surface area contributed by atoms with Gasteiger partial charge in [-0.25, -0.2) is 4.98 Å². The van der Waals surface area contributed by atoms with E-state index < -0.39 is 13.5 Å². The molecule has 0 saturated heterocycles. The summed E-state index contributed by atoms with van der Waals surface area (Å²) in [6.45, 7) is 4.23. The Morgan fingerprint density at radius 2 is 1.73 bits per heavy atom. The zero-order valence-corrected chi connectivity index (χ0v) is 19.5. The molecular weight excluding hydrogens is 437 g/mol. The van der Waals surface area contributed by atoms with E-state index in [9.17, 15) is 9.36 Å². The van der Waals surface area contributed by atoms with Crippen LogP contribution in [0.15, 0.2) is 71.9 Å². The Morgan fingerprint density at radius 1 is 1.03 bits per heavy atom. The average molecular weight is 463 g/mol. The summed E-state index contributed by atoms with van der Waals surface area (Å²) in [5.41, 5.74) is 4.31. The Kier molecular flexibility index (Phi) is 7.14. The van der Waals surface area contributed by atoms with Crippen molar-refractivity contribution in [3.63, 3.8) is 0 Å². The number of anilines is 1. The van der Waals surface area contributed by atoms with Gasteiger partial charge in [0, 0.05) is 23.5 Å². The normalized spacial score (nSPS) is 15.6. The number of hydrogen-bond acceptors (Lipinski definition) is 6. The zero-order chi connectivity index (χ0) is 23.3. The second-order valence-corrected chi connectivity index (χ2v) is 9.60. The molecule has 2 heterocycles. The Labute approximate surface area is 193 Å². The van der Waals surface area contributed by atoms with Gasteiger partial charge in [0.05, 0.1) is 25.1 Å². The molecule has 1 aliphatic rings. The van der Waals surface area contributed by atoms with Crippen molar-refractivity contribution in [2.75, 3.05) is 18.5 Å². The molecule has 0 bridgehead atoms. The molecule has 2 aromatic carbocycles. The summed E-state index contributed by atoms with van der Waals surface area (Å²) < 4.78 is 23.4. The Hall–Kier alpha value is -3.12. The summed E-state index contributed by atoms with van der Waals surface area (Å²) in [7, 11) is -3.16. The van der Waals surface area contributed by atoms with E-state index >= 15 is 0 Å². The first-order chi connectivity index (χ1) is 16.0. The molecule has 170 valence electrons. The number of nitrogens with zero attached hydrogens (tertiary/aromatic N) is 2. The molecular formula is C25H26N3O4P. The van der Waals surface area contributed by atoms with Gasteiger partial charge in [0.25, 0.3) is 0 Å². The third kappa shape index (κ3) is 5.45. The van der Waals surface area contributed by atoms with Crippen molar-refractivity contribution in [1.29, 1.82) is 0 Å². The molecule has 1 aromatic heterocycles. The average Bonchev–Trinajstić information content (AvgIpc) is 3.13. The number of carbonyl (C=O) groups is 1. The molecule has 0 saturated carbocycles. The van der Waals surface area contributed by atoms with Crippen LogP contribution < -0.4 is 5.32 Å². The molecule has 0 spiro atoms. The van der Waals surface area contributed by atoms with Crippen molar-refractivity contribution < 1.29 is 18.4 Å². The van der Waals surface area contributed by atoms with Crippen LogP contribution >= 0.6 is 7.60 Å². The summed E-state index contributed by atoms with van der Waals surface area (Å²) in [6, 6.07) is 19.2. The molecule has 1 N–H and O–H groups in total. The smallest absolute Gasteiger partial charge is 0.310 e. The molecule has 33 heavy (non-hydrogen) atoms. The van der Waals surface area contributed by atoms with Gasteiger partial charge in [-0.05, 0) is 43.2 Å². The van der Waals surface area contributed by atoms with Crippen molar-refractivity contribution in [1.82, 2.24) is 4.98 Å². The summed E-state index contributed by atoms with van der Waals surface area (Å²) in [6.07, 6.45) is 3.60. The number of fused-ring (bicyclic) bond motifs is 1. The summed E-state index contributed by atoms with van der Waals surface area (Å²) in [5, 5.41) is 2.82. The van der Waals surface area contributed by atoms with Crippen LogP contribution in [-0.4, -0.2) is 30.3 Å². The largest absolute Gasteiger partial charge is 0.335 e. The lowest BCUT2D eigenvalue weighted by Gasteiger charge is -2.16. The highest BCUT2D eigenvalue weighted by atomic mass is 31.2. The van der Waals surface area contributed by atoms with Crippen LogP contribution in [0, 0.1) is 0 Å². The van der Waals surface area contributed by atoms with Crippen LogP contribution in [-0.2, 0) is 24.6 Å². The van der Waals surface area contributed by atoms with Gasteiger partial charge in [-0.3, -0.25) is 14.4 Å². The van der Waals surface area contributed by atoms with E-state index in [1.807, 2.05) is 60.7 Å². The molecule has 8 heteroatoms. The van der Waals surface area contributed by atoms with Crippen LogP contribution in [0.2, 0.25) is 0 Å². The summed E-state index contributed by atoms with van der Waals surface area (Å²) in [5.74, 6) is -0.113. The lowest BCUT2D eigenvalue weighted by molar-refractivity contribution is -0.115. The highest BCUT2D eigenvalue weighted by Crippen LogP contribution is 2.51. The first-order valence-electron chi connectivity index (χ1n) is 10.9. The number of hydrogen-bond donors (Lipinski definition) is 1. The Bertz CT molecular complexity index is 1190. The molecule has 7 nitrogen and oxygen atoms in total. The predicted molar refractivity (Wildman–Crippen MR) is 130 cm³/mol. The van der Waals surface area contributed by atoms with E-state index in [0.717, 1.165) is 22.3 Å². The molecule has 3 aromatic rings. The minimum Gasteiger partial charge on any atom is -0.310 e. The molecule has 0 fully saturated rings. The topological polar surface area (TPSA) is 89.9 Å². The maximum absolute atomic E-state index is 12.7. The van der Waals surface area contributed by atoms with Crippen LogP contribution in [0.3, 0.4) is 0 Å². The van der Waals surface area contributed by atoms with Crippen molar-refractivity contribution in [2.24, 2.45) is 4.99 Å². The van der Waals surface area contributed by atoms with Crippen molar-refractivity contribution in [2.45, 2.75) is 25.9 Å². The van der Waals surface area contributed by atoms with Crippen molar-refractivity contribution >= 4 is 31.2 Å². The second-order valence-electron chi connectivity index (χ2n) is 7.54. The number of aromatic nitrogens is 1. The fraction of sp³-hybridized carbons (Fsp3) is 0.240. The molecule has 1 unspecified atom stereocenters. The molecule has 0 aliphatic carbocycles. The molecule has 1 aliphatic heterocycles. The number of nitrogens with one attached hydrogen (secondary N) is 1. The summed E-state index contributed by atoms with van der Waals surface area (Å²) >= 11 is 0. The van der Waals surface area contributed by atoms with Crippen molar-refractivity contribution in [3.8, 4) is 11.1 Å². The lowest BCUT2D eigenvalue weighted by Crippen LogP contribution is -2.12. The fourth-order valence-electron chi connectivity index (χ4n) is 3.69. The van der Waals surface area contributed by atoms with Gasteiger partial charge < -0.3 is 14.4 Å². The van der Waals surface area contributed by atoms with Gasteiger partial charge >= 0.3 is 7.60 Å². The van der Waals surface area contributed by atoms with Gasteiger partial charge in [0.15, 0.2) is 0 Å². The first-order valence-corrected chi connectivity index (χ1v) is 12.6. The number of amides is 1. The quantitative estimate of drug-likeness (QED) is 0.313. The molecule has 1 amide bonds. The highest BCUT2D eigenvalue weighted by molar-refractivity contribution is 7.53. The molecule has 0 radical (unpaired) electrons. The van der Waals surface area contributed by atoms with E-state index in [1.165, 1.54) is 0 Å². The minimum absolute atomic E-state index is 0.155. The zero-order valence-electron chi connectivity index (χ0n) is 18.6. The van der Waals surface area contributed by atoms with E-state index in [1.54, 1.807) is 26.3 Å². The highest BCUT2D eigenvalue weighted by Gasteiger charge is 2.30. The van der Waals surface area contributed by atoms with E-state index in [2.05, 4.69) is 15.3 Å². The van der Waals surface area contributed by atoms with Gasteiger partial charge in [0.2, 0.25) is 5.91 Å². The first kappa shape index (κ1) is 23.1. The lowest BCUT2D eigenvalue weighted by atomic mass is 9.99. The van der Waals surface area contributed by atoms with Gasteiger partial charge in [-0.15, -0.1) is 0 Å². The second kappa shape index (κ2) is 10.2. The maximum Gasteiger partial charge on any atom is 0.335 e. The summed E-state index contributed by atoms with van der Waals surface area (Å²) in [4.78, 5) is 21.5. The molecule has 4 rings (SSSR count). The predicted octanol–water partition coefficient (Wildman–Crippen LogP) is 5.95. The number of aliphatic imine (C=N–C) groups is 1. The van der Waals surface area contributed by atoms with Crippen LogP contribution in [0.5, 0.6) is 0 Å². The third-order valence-electron chi connectivity index (χ3n) is 5.22. The van der Waals surface area contributed by atoms with Gasteiger partial charge in [-0.1, -0.05) is 42.5 Å². The van der Waals surface area contributed by atoms with Gasteiger partial charge in [-0.2, -0.15) is 0 Å². The maximum atomic E-state index is 12.7. The monoisotopic (exact) mass is 463 g/mol. The van der Waals surface area contributed by atoms with E-state index in [-0.39, 0.29) is 12.1 Å². The number of rotatable bonds is 9. The molecule has 1 atom stereocenters. The van der Waals surface area contributed by atoms with E-state index in [4.69, 9.17) is 9.05 Å². The van der Waals surface area contributed by atoms with Crippen LogP contribution in [0.1, 0.15) is 30.9 Å². The van der Waals surface area contributed by atoms with Crippen LogP contribution in [0.4, 0.5) is 11.5 Å². The number of benzene rings is 2. The van der Waals surface area contributed by atoms with Gasteiger partial charge in [0.1, 0.15) is 11.7 Å². The fourth-order valence-corrected chi connectivity index (χ4v) is 5.39. The number of pyridine rings is 1. The Morgan fingerprint density at radius 3 is 2.39 bits per heavy atom. The Balaban J connectivity index is 1.51. The van der Waals surface area contributed by atoms with E-state index in [0.29, 0.717) is 24.7 Å². The van der Waals surface area contributed by atoms with Crippen molar-refractivity contribution in [3.05, 3.63) is 78.0 Å². The third-order valence-corrected chi connectivity index (χ3v) is 7.28. The number of carbonyl (C=O) groups excluding carboxylic acids is 1. The minimum atomic E-state index is -3.16. The standard InChI is InChI=1S/C25H26N3O4P/c1-3-31-33(30,32-4-2)17-18-10-12-21(13-11-18)26-16-23-22-14-20(19-8-6-5-7-9-19)15-27-24(22)28-25(23)29/h5-16,23H,3-4,17H2,1-2H3,(H,27,28,29). The van der Waals surface area contributed by atoms with Crippen LogP contribution in [0.25, 0.3) is 11.1 Å². The SMILES string of the molecule is CCOP(=O)(Cc1ccc(N=CC2C(=O)Nc3ncc(-c4ccccc4)cc32)cc1)OCC.